The van der Waals surface area contributed by atoms with Crippen LogP contribution in [0.5, 0.6) is 0 Å². The number of likely N-dealkylation sites (tertiary alicyclic amines) is 1. The highest BCUT2D eigenvalue weighted by Crippen LogP contribution is 2.46. The van der Waals surface area contributed by atoms with Gasteiger partial charge in [-0.05, 0) is 89.7 Å². The van der Waals surface area contributed by atoms with Crippen molar-refractivity contribution in [2.45, 2.75) is 97.6 Å². The fraction of sp³-hybridized carbons (Fsp3) is 0.531. The molecule has 4 aromatic rings. The first kappa shape index (κ1) is 45.1. The van der Waals surface area contributed by atoms with E-state index in [0.717, 1.165) is 63.8 Å². The largest absolute Gasteiger partial charge is 0.453 e. The number of aliphatic hydroxyl groups excluding tert-OH is 1. The number of allylic oxidation sites excluding steroid dienone is 5. The summed E-state index contributed by atoms with van der Waals surface area (Å²) in [4.78, 5) is 60.0. The lowest BCUT2D eigenvalue weighted by atomic mass is 9.80. The maximum absolute atomic E-state index is 14.1. The molecule has 7 unspecified atom stereocenters. The molecule has 64 heavy (non-hydrogen) atoms. The van der Waals surface area contributed by atoms with Crippen LogP contribution >= 0.6 is 0 Å². The maximum Gasteiger partial charge on any atom is 0.407 e. The normalized spacial score (nSPS) is 22.6. The second kappa shape index (κ2) is 19.3. The smallest absolute Gasteiger partial charge is 0.407 e. The Labute approximate surface area is 375 Å². The summed E-state index contributed by atoms with van der Waals surface area (Å²) >= 11 is 0. The third kappa shape index (κ3) is 8.94. The van der Waals surface area contributed by atoms with Gasteiger partial charge < -0.3 is 44.8 Å². The molecule has 5 N–H and O–H groups in total. The summed E-state index contributed by atoms with van der Waals surface area (Å²) in [7, 11) is 2.65. The maximum atomic E-state index is 14.1. The average Bonchev–Trinajstić information content (AvgIpc) is 4.03. The minimum Gasteiger partial charge on any atom is -0.453 e. The Morgan fingerprint density at radius 3 is 2.50 bits per heavy atom. The van der Waals surface area contributed by atoms with E-state index in [1.807, 2.05) is 26.8 Å². The van der Waals surface area contributed by atoms with Crippen LogP contribution < -0.4 is 10.6 Å². The minimum absolute atomic E-state index is 0.0272. The number of aromatic nitrogens is 4. The van der Waals surface area contributed by atoms with Crippen LogP contribution in [0.25, 0.3) is 39.0 Å². The van der Waals surface area contributed by atoms with Crippen molar-refractivity contribution in [3.05, 3.63) is 77.2 Å². The molecule has 7 atom stereocenters. The molecule has 2 aromatic carbocycles. The number of nitrogens with one attached hydrogen (secondary N) is 4. The van der Waals surface area contributed by atoms with E-state index in [1.54, 1.807) is 4.90 Å². The quantitative estimate of drug-likeness (QED) is 0.0847. The zero-order valence-electron chi connectivity index (χ0n) is 38.1. The molecule has 4 heterocycles. The monoisotopic (exact) mass is 876 g/mol. The number of hydrogen-bond acceptors (Lipinski definition) is 10. The number of carbonyl (C=O) groups is 3. The van der Waals surface area contributed by atoms with Gasteiger partial charge >= 0.3 is 12.2 Å². The molecule has 15 heteroatoms. The van der Waals surface area contributed by atoms with Crippen molar-refractivity contribution in [3.8, 4) is 0 Å². The van der Waals surface area contributed by atoms with Gasteiger partial charge in [-0.15, -0.1) is 0 Å². The molecular weight excluding hydrogens is 813 g/mol. The molecule has 2 aromatic heterocycles. The number of benzene rings is 2. The van der Waals surface area contributed by atoms with Crippen LogP contribution in [0.2, 0.25) is 0 Å². The van der Waals surface area contributed by atoms with Crippen LogP contribution in [-0.2, 0) is 25.5 Å². The molecule has 342 valence electrons. The first-order valence-electron chi connectivity index (χ1n) is 23.0. The number of aromatic amines is 2. The predicted octanol–water partition coefficient (Wildman–Crippen LogP) is 7.56. The van der Waals surface area contributed by atoms with Crippen molar-refractivity contribution in [2.24, 2.45) is 29.6 Å². The number of H-pyrrole nitrogens is 2. The number of nitrogens with zero attached hydrogens (tertiary/aromatic N) is 4. The average molecular weight is 877 g/mol. The molecule has 2 saturated heterocycles. The molecule has 2 aliphatic heterocycles. The number of amides is 3. The van der Waals surface area contributed by atoms with Gasteiger partial charge in [-0.25, -0.2) is 19.6 Å². The molecule has 2 fully saturated rings. The number of alkyl carbamates (subject to hydrolysis) is 2. The Balaban J connectivity index is 1.02. The lowest BCUT2D eigenvalue weighted by molar-refractivity contribution is -0.136. The number of rotatable bonds is 14. The summed E-state index contributed by atoms with van der Waals surface area (Å²) in [6, 6.07) is 9.32. The highest BCUT2D eigenvalue weighted by molar-refractivity contribution is 6.05. The van der Waals surface area contributed by atoms with Crippen LogP contribution in [0.3, 0.4) is 0 Å². The van der Waals surface area contributed by atoms with E-state index in [4.69, 9.17) is 24.2 Å². The zero-order chi connectivity index (χ0) is 45.2. The van der Waals surface area contributed by atoms with E-state index in [1.165, 1.54) is 25.4 Å². The van der Waals surface area contributed by atoms with E-state index < -0.39 is 30.5 Å². The predicted molar refractivity (Wildman–Crippen MR) is 246 cm³/mol. The van der Waals surface area contributed by atoms with E-state index in [9.17, 15) is 19.5 Å². The molecule has 0 saturated carbocycles. The van der Waals surface area contributed by atoms with E-state index in [-0.39, 0.29) is 42.2 Å². The zero-order valence-corrected chi connectivity index (χ0v) is 38.1. The van der Waals surface area contributed by atoms with Crippen LogP contribution in [-0.4, -0.2) is 112 Å². The lowest BCUT2D eigenvalue weighted by Gasteiger charge is -2.36. The molecule has 0 spiro atoms. The van der Waals surface area contributed by atoms with Gasteiger partial charge in [0.1, 0.15) is 23.9 Å². The number of methoxy groups -OCH3 is 2. The Morgan fingerprint density at radius 1 is 1.02 bits per heavy atom. The van der Waals surface area contributed by atoms with Gasteiger partial charge in [0.05, 0.1) is 55.3 Å². The summed E-state index contributed by atoms with van der Waals surface area (Å²) in [5, 5.41) is 19.6. The highest BCUT2D eigenvalue weighted by atomic mass is 16.5. The fourth-order valence-corrected chi connectivity index (χ4v) is 10.5. The number of imidazole rings is 2. The van der Waals surface area contributed by atoms with Crippen molar-refractivity contribution in [2.75, 3.05) is 40.5 Å². The van der Waals surface area contributed by atoms with Gasteiger partial charge in [-0.2, -0.15) is 0 Å². The van der Waals surface area contributed by atoms with Gasteiger partial charge in [0.2, 0.25) is 5.91 Å². The summed E-state index contributed by atoms with van der Waals surface area (Å²) in [5.41, 5.74) is 7.21. The fourth-order valence-electron chi connectivity index (χ4n) is 10.5. The van der Waals surface area contributed by atoms with Gasteiger partial charge in [-0.1, -0.05) is 77.5 Å². The summed E-state index contributed by atoms with van der Waals surface area (Å²) in [6.07, 6.45) is 10.6. The Bertz CT molecular complexity index is 2450. The molecular formula is C49H64N8O7. The van der Waals surface area contributed by atoms with Crippen LogP contribution in [0.1, 0.15) is 101 Å². The number of hydrogen-bond donors (Lipinski definition) is 5. The summed E-state index contributed by atoms with van der Waals surface area (Å²) in [5.74, 6) is 2.03. The number of carbonyl (C=O) groups excluding carboxylic acids is 3. The van der Waals surface area contributed by atoms with Crippen molar-refractivity contribution in [1.82, 2.24) is 40.4 Å². The molecule has 4 aliphatic rings. The van der Waals surface area contributed by atoms with Crippen LogP contribution in [0.15, 0.2) is 48.6 Å². The SMILES string of the molecule is CCCN(Cc1nc2c(ccc3cc(C4=CC=C5c6nc(C7C(CC)C(C)CN7C(O)C(NC(=O)OC)C(C)C)[nH]c6C=CC5C4)ccc32)[nH]1)C(=O)C(NC(=O)OC)C1CCOCC1. The molecule has 3 amide bonds. The van der Waals surface area contributed by atoms with Crippen molar-refractivity contribution in [1.29, 1.82) is 0 Å². The molecule has 0 radical (unpaired) electrons. The van der Waals surface area contributed by atoms with E-state index in [0.29, 0.717) is 50.9 Å². The number of aliphatic hydroxyl groups is 1. The second-order valence-electron chi connectivity index (χ2n) is 18.3. The minimum atomic E-state index is -0.925. The summed E-state index contributed by atoms with van der Waals surface area (Å²) in [6.45, 7) is 13.0. The molecule has 15 nitrogen and oxygen atoms in total. The topological polar surface area (TPSA) is 187 Å². The third-order valence-corrected chi connectivity index (χ3v) is 13.9. The highest BCUT2D eigenvalue weighted by Gasteiger charge is 2.47. The third-order valence-electron chi connectivity index (χ3n) is 13.9. The Kier molecular flexibility index (Phi) is 13.6. The molecule has 2 aliphatic carbocycles. The van der Waals surface area contributed by atoms with Gasteiger partial charge in [-0.3, -0.25) is 9.69 Å². The van der Waals surface area contributed by atoms with Gasteiger partial charge in [0, 0.05) is 37.6 Å². The van der Waals surface area contributed by atoms with E-state index >= 15 is 0 Å². The van der Waals surface area contributed by atoms with Crippen LogP contribution in [0.4, 0.5) is 9.59 Å². The first-order valence-corrected chi connectivity index (χ1v) is 23.0. The standard InChI is InChI=1S/C49H64N8O7/c1-8-20-56(46(58)41(55-49(61)63-7)29-18-21-64-22-19-29)26-39-50-37-16-12-32-23-30(10-14-35(32)42(37)52-39)31-11-15-36-33(24-31)13-17-38-43(36)53-45(51-38)44-34(9-2)28(5)25-57(44)47(59)40(27(3)4)54-48(60)62-6/h10-17,23,27-29,33-34,40-41,44,47,59H,8-9,18-22,24-26H2,1-7H3,(H,50,52)(H,51,53)(H,54,60)(H,55,61). The number of fused-ring (bicyclic) bond motifs is 6. The molecule has 0 bridgehead atoms. The van der Waals surface area contributed by atoms with Crippen molar-refractivity contribution < 1.29 is 33.7 Å². The Hall–Kier alpha value is -5.51. The van der Waals surface area contributed by atoms with Crippen molar-refractivity contribution >= 4 is 57.1 Å². The second-order valence-corrected chi connectivity index (χ2v) is 18.3. The van der Waals surface area contributed by atoms with Crippen LogP contribution in [0, 0.1) is 29.6 Å². The Morgan fingerprint density at radius 2 is 1.78 bits per heavy atom. The van der Waals surface area contributed by atoms with Crippen molar-refractivity contribution in [3.63, 3.8) is 0 Å². The van der Waals surface area contributed by atoms with Gasteiger partial charge in [0.25, 0.3) is 0 Å². The van der Waals surface area contributed by atoms with E-state index in [2.05, 4.69) is 87.9 Å². The molecule has 8 rings (SSSR count). The summed E-state index contributed by atoms with van der Waals surface area (Å²) < 4.78 is 15.3. The van der Waals surface area contributed by atoms with Gasteiger partial charge in [0.15, 0.2) is 0 Å². The number of ether oxygens (including phenoxy) is 3. The lowest BCUT2D eigenvalue weighted by Crippen LogP contribution is -2.54. The first-order chi connectivity index (χ1) is 30.9.